The van der Waals surface area contributed by atoms with Gasteiger partial charge in [-0.15, -0.1) is 0 Å². The molecule has 3 nitrogen and oxygen atoms in total. The molecule has 1 aliphatic rings. The molecule has 1 rings (SSSR count). The van der Waals surface area contributed by atoms with Gasteiger partial charge in [-0.1, -0.05) is 18.6 Å². The van der Waals surface area contributed by atoms with Crippen molar-refractivity contribution >= 4 is 5.91 Å². The molecule has 0 radical (unpaired) electrons. The van der Waals surface area contributed by atoms with Crippen molar-refractivity contribution < 1.29 is 4.79 Å². The summed E-state index contributed by atoms with van der Waals surface area (Å²) in [5, 5.41) is 3.07. The Labute approximate surface area is 92.1 Å². The summed E-state index contributed by atoms with van der Waals surface area (Å²) in [6.07, 6.45) is 11.2. The van der Waals surface area contributed by atoms with Crippen molar-refractivity contribution in [3.63, 3.8) is 0 Å². The molecule has 86 valence electrons. The van der Waals surface area contributed by atoms with Crippen LogP contribution in [0.3, 0.4) is 0 Å². The van der Waals surface area contributed by atoms with Crippen LogP contribution in [0.5, 0.6) is 0 Å². The lowest BCUT2D eigenvalue weighted by molar-refractivity contribution is -0.121. The first-order valence-corrected chi connectivity index (χ1v) is 5.97. The Morgan fingerprint density at radius 3 is 2.87 bits per heavy atom. The quantitative estimate of drug-likeness (QED) is 0.518. The third kappa shape index (κ3) is 5.57. The van der Waals surface area contributed by atoms with Crippen LogP contribution in [-0.4, -0.2) is 18.5 Å². The van der Waals surface area contributed by atoms with Crippen LogP contribution in [0.4, 0.5) is 0 Å². The van der Waals surface area contributed by atoms with E-state index in [2.05, 4.69) is 17.5 Å². The topological polar surface area (TPSA) is 55.1 Å². The number of unbranched alkanes of at least 4 members (excludes halogenated alkanes) is 2. The Hall–Kier alpha value is -0.830. The van der Waals surface area contributed by atoms with E-state index >= 15 is 0 Å². The number of amides is 1. The molecule has 15 heavy (non-hydrogen) atoms. The zero-order valence-electron chi connectivity index (χ0n) is 9.37. The van der Waals surface area contributed by atoms with Crippen LogP contribution in [0.2, 0.25) is 0 Å². The first kappa shape index (κ1) is 12.2. The number of hydrogen-bond acceptors (Lipinski definition) is 2. The van der Waals surface area contributed by atoms with E-state index in [0.717, 1.165) is 45.1 Å². The molecule has 0 aromatic heterocycles. The van der Waals surface area contributed by atoms with Crippen molar-refractivity contribution in [3.05, 3.63) is 12.2 Å². The third-order valence-corrected chi connectivity index (χ3v) is 2.74. The van der Waals surface area contributed by atoms with Crippen LogP contribution < -0.4 is 11.1 Å². The average molecular weight is 210 g/mol. The van der Waals surface area contributed by atoms with Crippen LogP contribution in [0.1, 0.15) is 44.9 Å². The van der Waals surface area contributed by atoms with Crippen LogP contribution in [0.15, 0.2) is 12.2 Å². The first-order valence-electron chi connectivity index (χ1n) is 5.97. The lowest BCUT2D eigenvalue weighted by atomic mass is 10.0. The van der Waals surface area contributed by atoms with Crippen LogP contribution in [-0.2, 0) is 4.79 Å². The minimum Gasteiger partial charge on any atom is -0.353 e. The van der Waals surface area contributed by atoms with Gasteiger partial charge in [-0.05, 0) is 38.6 Å². The molecule has 1 atom stereocenters. The zero-order valence-corrected chi connectivity index (χ0v) is 9.37. The molecule has 0 aromatic rings. The van der Waals surface area contributed by atoms with E-state index in [0.29, 0.717) is 12.5 Å². The first-order chi connectivity index (χ1) is 7.33. The molecule has 0 aliphatic heterocycles. The van der Waals surface area contributed by atoms with Crippen molar-refractivity contribution in [1.82, 2.24) is 5.32 Å². The largest absolute Gasteiger partial charge is 0.353 e. The van der Waals surface area contributed by atoms with Crippen molar-refractivity contribution in [1.29, 1.82) is 0 Å². The maximum Gasteiger partial charge on any atom is 0.220 e. The normalized spacial score (nSPS) is 20.2. The molecule has 1 unspecified atom stereocenters. The van der Waals surface area contributed by atoms with E-state index in [9.17, 15) is 4.79 Å². The van der Waals surface area contributed by atoms with Crippen LogP contribution in [0, 0.1) is 0 Å². The molecular weight excluding hydrogens is 188 g/mol. The van der Waals surface area contributed by atoms with E-state index in [1.165, 1.54) is 0 Å². The highest BCUT2D eigenvalue weighted by molar-refractivity contribution is 5.76. The average Bonchev–Trinajstić information content (AvgIpc) is 2.26. The molecule has 0 fully saturated rings. The standard InChI is InChI=1S/C12H22N2O/c13-10-6-2-5-9-12(15)14-11-7-3-1-4-8-11/h1,3,11H,2,4-10,13H2,(H,14,15). The van der Waals surface area contributed by atoms with Gasteiger partial charge in [0.15, 0.2) is 0 Å². The fourth-order valence-corrected chi connectivity index (χ4v) is 1.83. The molecule has 0 heterocycles. The molecular formula is C12H22N2O. The van der Waals surface area contributed by atoms with Crippen LogP contribution >= 0.6 is 0 Å². The van der Waals surface area contributed by atoms with E-state index < -0.39 is 0 Å². The predicted molar refractivity (Wildman–Crippen MR) is 62.4 cm³/mol. The predicted octanol–water partition coefficient (Wildman–Crippen LogP) is 1.73. The van der Waals surface area contributed by atoms with Gasteiger partial charge in [0.2, 0.25) is 5.91 Å². The monoisotopic (exact) mass is 210 g/mol. The summed E-state index contributed by atoms with van der Waals surface area (Å²) >= 11 is 0. The third-order valence-electron chi connectivity index (χ3n) is 2.74. The number of nitrogens with one attached hydrogen (secondary N) is 1. The number of allylic oxidation sites excluding steroid dienone is 1. The number of nitrogens with two attached hydrogens (primary N) is 1. The number of rotatable bonds is 6. The fourth-order valence-electron chi connectivity index (χ4n) is 1.83. The molecule has 0 saturated heterocycles. The summed E-state index contributed by atoms with van der Waals surface area (Å²) in [7, 11) is 0. The van der Waals surface area contributed by atoms with Gasteiger partial charge in [0.1, 0.15) is 0 Å². The maximum absolute atomic E-state index is 11.5. The highest BCUT2D eigenvalue weighted by Crippen LogP contribution is 2.10. The SMILES string of the molecule is NCCCCCC(=O)NC1CC=CCC1. The fraction of sp³-hybridized carbons (Fsp3) is 0.750. The van der Waals surface area contributed by atoms with Gasteiger partial charge >= 0.3 is 0 Å². The Balaban J connectivity index is 2.04. The summed E-state index contributed by atoms with van der Waals surface area (Å²) < 4.78 is 0. The van der Waals surface area contributed by atoms with E-state index in [1.54, 1.807) is 0 Å². The molecule has 3 N–H and O–H groups in total. The van der Waals surface area contributed by atoms with E-state index in [4.69, 9.17) is 5.73 Å². The molecule has 0 saturated carbocycles. The van der Waals surface area contributed by atoms with Crippen molar-refractivity contribution in [2.24, 2.45) is 5.73 Å². The second-order valence-electron chi connectivity index (χ2n) is 4.15. The molecule has 0 bridgehead atoms. The van der Waals surface area contributed by atoms with Gasteiger partial charge in [-0.3, -0.25) is 4.79 Å². The number of carbonyl (C=O) groups is 1. The minimum absolute atomic E-state index is 0.201. The zero-order chi connectivity index (χ0) is 10.9. The van der Waals surface area contributed by atoms with Crippen molar-refractivity contribution in [3.8, 4) is 0 Å². The summed E-state index contributed by atoms with van der Waals surface area (Å²) in [6.45, 7) is 0.731. The Morgan fingerprint density at radius 2 is 2.20 bits per heavy atom. The Morgan fingerprint density at radius 1 is 1.33 bits per heavy atom. The minimum atomic E-state index is 0.201. The Bertz CT molecular complexity index is 214. The highest BCUT2D eigenvalue weighted by Gasteiger charge is 2.11. The highest BCUT2D eigenvalue weighted by atomic mass is 16.1. The smallest absolute Gasteiger partial charge is 0.220 e. The summed E-state index contributed by atoms with van der Waals surface area (Å²) in [5.41, 5.74) is 5.39. The van der Waals surface area contributed by atoms with Gasteiger partial charge in [0.25, 0.3) is 0 Å². The van der Waals surface area contributed by atoms with Gasteiger partial charge in [-0.25, -0.2) is 0 Å². The van der Waals surface area contributed by atoms with Gasteiger partial charge < -0.3 is 11.1 Å². The lowest BCUT2D eigenvalue weighted by Crippen LogP contribution is -2.35. The molecule has 1 amide bonds. The molecule has 0 aromatic carbocycles. The molecule has 1 aliphatic carbocycles. The Kier molecular flexibility index (Phi) is 6.09. The van der Waals surface area contributed by atoms with Gasteiger partial charge in [-0.2, -0.15) is 0 Å². The molecule has 0 spiro atoms. The van der Waals surface area contributed by atoms with Crippen molar-refractivity contribution in [2.45, 2.75) is 51.0 Å². The molecule has 3 heteroatoms. The maximum atomic E-state index is 11.5. The lowest BCUT2D eigenvalue weighted by Gasteiger charge is -2.19. The summed E-state index contributed by atoms with van der Waals surface area (Å²) in [5.74, 6) is 0.201. The second-order valence-corrected chi connectivity index (χ2v) is 4.15. The van der Waals surface area contributed by atoms with Crippen molar-refractivity contribution in [2.75, 3.05) is 6.54 Å². The number of carbonyl (C=O) groups excluding carboxylic acids is 1. The van der Waals surface area contributed by atoms with E-state index in [1.807, 2.05) is 0 Å². The number of hydrogen-bond donors (Lipinski definition) is 2. The summed E-state index contributed by atoms with van der Waals surface area (Å²) in [6, 6.07) is 0.372. The van der Waals surface area contributed by atoms with E-state index in [-0.39, 0.29) is 5.91 Å². The second kappa shape index (κ2) is 7.46. The van der Waals surface area contributed by atoms with Gasteiger partial charge in [0.05, 0.1) is 0 Å². The van der Waals surface area contributed by atoms with Crippen LogP contribution in [0.25, 0.3) is 0 Å². The van der Waals surface area contributed by atoms with Gasteiger partial charge in [0, 0.05) is 12.5 Å². The summed E-state index contributed by atoms with van der Waals surface area (Å²) in [4.78, 5) is 11.5.